The summed E-state index contributed by atoms with van der Waals surface area (Å²) in [5.74, 6) is 1.34. The molecule has 0 spiro atoms. The molecule has 0 aromatic carbocycles. The number of hydrogen-bond acceptors (Lipinski definition) is 4. The smallest absolute Gasteiger partial charge is 0.136 e. The molecular formula is C10H8BrClN4. The molecule has 0 aliphatic rings. The van der Waals surface area contributed by atoms with Crippen LogP contribution in [0.4, 0.5) is 11.6 Å². The van der Waals surface area contributed by atoms with Gasteiger partial charge in [-0.25, -0.2) is 15.0 Å². The summed E-state index contributed by atoms with van der Waals surface area (Å²) < 4.78 is 0.971. The highest BCUT2D eigenvalue weighted by Gasteiger charge is 2.01. The normalized spacial score (nSPS) is 10.2. The Labute approximate surface area is 106 Å². The van der Waals surface area contributed by atoms with Crippen molar-refractivity contribution in [3.8, 4) is 0 Å². The summed E-state index contributed by atoms with van der Waals surface area (Å²) in [6.45, 7) is 1.92. The van der Waals surface area contributed by atoms with Gasteiger partial charge in [-0.2, -0.15) is 0 Å². The molecule has 2 rings (SSSR count). The zero-order valence-corrected chi connectivity index (χ0v) is 10.7. The van der Waals surface area contributed by atoms with Gasteiger partial charge in [0.1, 0.15) is 23.1 Å². The number of aromatic nitrogens is 3. The second-order valence-electron chi connectivity index (χ2n) is 3.11. The van der Waals surface area contributed by atoms with Gasteiger partial charge in [-0.05, 0) is 35.0 Å². The van der Waals surface area contributed by atoms with Crippen molar-refractivity contribution in [3.63, 3.8) is 0 Å². The van der Waals surface area contributed by atoms with Crippen molar-refractivity contribution < 1.29 is 0 Å². The summed E-state index contributed by atoms with van der Waals surface area (Å²) in [5, 5.41) is 3.44. The Balaban J connectivity index is 2.24. The number of pyridine rings is 1. The number of halogens is 2. The minimum absolute atomic E-state index is 0.395. The second-order valence-corrected chi connectivity index (χ2v) is 4.36. The first-order chi connectivity index (χ1) is 7.65. The standard InChI is InChI=1S/C10H8BrClN4/c1-6-7(11)2-3-9(15-6)16-10-4-8(12)13-5-14-10/h2-5H,1H3,(H,13,14,15,16). The first-order valence-electron chi connectivity index (χ1n) is 4.53. The van der Waals surface area contributed by atoms with Crippen LogP contribution < -0.4 is 5.32 Å². The van der Waals surface area contributed by atoms with Gasteiger partial charge in [0.25, 0.3) is 0 Å². The summed E-state index contributed by atoms with van der Waals surface area (Å²) >= 11 is 9.14. The zero-order chi connectivity index (χ0) is 11.5. The van der Waals surface area contributed by atoms with Gasteiger partial charge in [0.15, 0.2) is 0 Å². The van der Waals surface area contributed by atoms with E-state index in [1.165, 1.54) is 6.33 Å². The molecule has 0 unspecified atom stereocenters. The predicted octanol–water partition coefficient (Wildman–Crippen LogP) is 3.34. The molecule has 0 amide bonds. The van der Waals surface area contributed by atoms with Crippen LogP contribution in [0.25, 0.3) is 0 Å². The molecule has 4 nitrogen and oxygen atoms in total. The topological polar surface area (TPSA) is 50.7 Å². The van der Waals surface area contributed by atoms with E-state index in [2.05, 4.69) is 36.2 Å². The van der Waals surface area contributed by atoms with Gasteiger partial charge in [0.2, 0.25) is 0 Å². The lowest BCUT2D eigenvalue weighted by molar-refractivity contribution is 1.14. The Morgan fingerprint density at radius 3 is 2.75 bits per heavy atom. The summed E-state index contributed by atoms with van der Waals surface area (Å²) in [6.07, 6.45) is 1.40. The Morgan fingerprint density at radius 2 is 2.06 bits per heavy atom. The van der Waals surface area contributed by atoms with Gasteiger partial charge in [-0.1, -0.05) is 11.6 Å². The van der Waals surface area contributed by atoms with Crippen molar-refractivity contribution in [2.24, 2.45) is 0 Å². The third kappa shape index (κ3) is 2.68. The fourth-order valence-corrected chi connectivity index (χ4v) is 1.51. The molecule has 2 aromatic heterocycles. The molecule has 0 bridgehead atoms. The van der Waals surface area contributed by atoms with Gasteiger partial charge in [0, 0.05) is 10.5 Å². The Bertz CT molecular complexity index is 518. The van der Waals surface area contributed by atoms with Crippen LogP contribution in [0.15, 0.2) is 29.0 Å². The van der Waals surface area contributed by atoms with Crippen molar-refractivity contribution >= 4 is 39.2 Å². The summed E-state index contributed by atoms with van der Waals surface area (Å²) in [7, 11) is 0. The summed E-state index contributed by atoms with van der Waals surface area (Å²) in [4.78, 5) is 12.2. The monoisotopic (exact) mass is 298 g/mol. The van der Waals surface area contributed by atoms with Crippen molar-refractivity contribution in [3.05, 3.63) is 39.8 Å². The van der Waals surface area contributed by atoms with E-state index in [-0.39, 0.29) is 0 Å². The third-order valence-corrected chi connectivity index (χ3v) is 2.96. The number of aryl methyl sites for hydroxylation is 1. The predicted molar refractivity (Wildman–Crippen MR) is 67.0 cm³/mol. The molecule has 0 saturated heterocycles. The lowest BCUT2D eigenvalue weighted by atomic mass is 10.4. The van der Waals surface area contributed by atoms with Crippen molar-refractivity contribution in [2.45, 2.75) is 6.92 Å². The van der Waals surface area contributed by atoms with E-state index < -0.39 is 0 Å². The number of rotatable bonds is 2. The maximum absolute atomic E-state index is 5.75. The van der Waals surface area contributed by atoms with E-state index in [1.54, 1.807) is 6.07 Å². The van der Waals surface area contributed by atoms with Crippen molar-refractivity contribution in [2.75, 3.05) is 5.32 Å². The van der Waals surface area contributed by atoms with Crippen LogP contribution in [0.3, 0.4) is 0 Å². The first kappa shape index (κ1) is 11.3. The molecule has 2 heterocycles. The van der Waals surface area contributed by atoms with E-state index >= 15 is 0 Å². The highest BCUT2D eigenvalue weighted by molar-refractivity contribution is 9.10. The van der Waals surface area contributed by atoms with Gasteiger partial charge < -0.3 is 5.32 Å². The minimum Gasteiger partial charge on any atom is -0.325 e. The maximum Gasteiger partial charge on any atom is 0.136 e. The first-order valence-corrected chi connectivity index (χ1v) is 5.70. The second kappa shape index (κ2) is 4.76. The fraction of sp³-hybridized carbons (Fsp3) is 0.100. The van der Waals surface area contributed by atoms with Crippen LogP contribution in [-0.4, -0.2) is 15.0 Å². The van der Waals surface area contributed by atoms with E-state index in [4.69, 9.17) is 11.6 Å². The maximum atomic E-state index is 5.75. The molecule has 2 aromatic rings. The fourth-order valence-electron chi connectivity index (χ4n) is 1.15. The van der Waals surface area contributed by atoms with Crippen LogP contribution >= 0.6 is 27.5 Å². The van der Waals surface area contributed by atoms with Crippen LogP contribution in [-0.2, 0) is 0 Å². The van der Waals surface area contributed by atoms with Crippen LogP contribution in [0, 0.1) is 6.92 Å². The number of hydrogen-bond donors (Lipinski definition) is 1. The molecule has 0 aliphatic carbocycles. The summed E-state index contributed by atoms with van der Waals surface area (Å²) in [6, 6.07) is 5.42. The average Bonchev–Trinajstić information content (AvgIpc) is 2.24. The molecule has 16 heavy (non-hydrogen) atoms. The molecule has 6 heteroatoms. The third-order valence-electron chi connectivity index (χ3n) is 1.91. The Morgan fingerprint density at radius 1 is 1.25 bits per heavy atom. The molecule has 0 fully saturated rings. The van der Waals surface area contributed by atoms with Gasteiger partial charge in [0.05, 0.1) is 5.69 Å². The quantitative estimate of drug-likeness (QED) is 0.864. The molecular weight excluding hydrogens is 291 g/mol. The number of anilines is 2. The molecule has 1 N–H and O–H groups in total. The van der Waals surface area contributed by atoms with Gasteiger partial charge in [-0.3, -0.25) is 0 Å². The van der Waals surface area contributed by atoms with Crippen molar-refractivity contribution in [1.29, 1.82) is 0 Å². The highest BCUT2D eigenvalue weighted by atomic mass is 79.9. The molecule has 0 radical (unpaired) electrons. The zero-order valence-electron chi connectivity index (χ0n) is 8.41. The van der Waals surface area contributed by atoms with Crippen molar-refractivity contribution in [1.82, 2.24) is 15.0 Å². The van der Waals surface area contributed by atoms with Gasteiger partial charge in [-0.15, -0.1) is 0 Å². The van der Waals surface area contributed by atoms with Crippen LogP contribution in [0.5, 0.6) is 0 Å². The Kier molecular flexibility index (Phi) is 3.36. The van der Waals surface area contributed by atoms with E-state index in [1.807, 2.05) is 19.1 Å². The van der Waals surface area contributed by atoms with E-state index in [9.17, 15) is 0 Å². The van der Waals surface area contributed by atoms with Gasteiger partial charge >= 0.3 is 0 Å². The van der Waals surface area contributed by atoms with E-state index in [0.29, 0.717) is 11.0 Å². The highest BCUT2D eigenvalue weighted by Crippen LogP contribution is 2.19. The molecule has 0 aliphatic heterocycles. The average molecular weight is 300 g/mol. The SMILES string of the molecule is Cc1nc(Nc2cc(Cl)ncn2)ccc1Br. The number of nitrogens with zero attached hydrogens (tertiary/aromatic N) is 3. The van der Waals surface area contributed by atoms with Crippen LogP contribution in [0.2, 0.25) is 5.15 Å². The lowest BCUT2D eigenvalue weighted by Crippen LogP contribution is -1.97. The minimum atomic E-state index is 0.395. The van der Waals surface area contributed by atoms with E-state index in [0.717, 1.165) is 16.0 Å². The molecule has 82 valence electrons. The number of nitrogens with one attached hydrogen (secondary N) is 1. The molecule has 0 atom stereocenters. The lowest BCUT2D eigenvalue weighted by Gasteiger charge is -2.05. The molecule has 0 saturated carbocycles. The Hall–Kier alpha value is -1.20. The van der Waals surface area contributed by atoms with Crippen LogP contribution in [0.1, 0.15) is 5.69 Å². The largest absolute Gasteiger partial charge is 0.325 e. The summed E-state index contributed by atoms with van der Waals surface area (Å²) in [5.41, 5.74) is 0.908.